The molecule has 0 saturated heterocycles. The van der Waals surface area contributed by atoms with Gasteiger partial charge in [0.1, 0.15) is 0 Å². The maximum atomic E-state index is 12.7. The zero-order valence-corrected chi connectivity index (χ0v) is 17.4. The summed E-state index contributed by atoms with van der Waals surface area (Å²) in [5.74, 6) is 0.467. The number of alkyl halides is 3. The maximum Gasteiger partial charge on any atom is 0.416 e. The molecule has 11 heteroatoms. The van der Waals surface area contributed by atoms with E-state index in [2.05, 4.69) is 25.4 Å². The Morgan fingerprint density at radius 2 is 1.90 bits per heavy atom. The lowest BCUT2D eigenvalue weighted by atomic mass is 10.1. The SMILES string of the molecule is Cc1cc(C)n2nc(CC(=O)Nc3ncc(Cc4ccc(C(F)(F)F)cc4)s3)nc2n1. The number of halogens is 3. The van der Waals surface area contributed by atoms with E-state index in [0.29, 0.717) is 23.2 Å². The molecule has 0 spiro atoms. The average Bonchev–Trinajstić information content (AvgIpc) is 3.28. The number of hydrogen-bond acceptors (Lipinski definition) is 6. The van der Waals surface area contributed by atoms with Gasteiger partial charge in [0.2, 0.25) is 5.91 Å². The first-order chi connectivity index (χ1) is 14.7. The van der Waals surface area contributed by atoms with Gasteiger partial charge in [-0.05, 0) is 37.6 Å². The highest BCUT2D eigenvalue weighted by Crippen LogP contribution is 2.30. The molecule has 0 unspecified atom stereocenters. The largest absolute Gasteiger partial charge is 0.416 e. The maximum absolute atomic E-state index is 12.7. The molecule has 3 heterocycles. The van der Waals surface area contributed by atoms with E-state index < -0.39 is 11.7 Å². The molecule has 0 aliphatic heterocycles. The number of thiazole rings is 1. The minimum Gasteiger partial charge on any atom is -0.302 e. The van der Waals surface area contributed by atoms with E-state index in [1.165, 1.54) is 23.5 Å². The number of anilines is 1. The van der Waals surface area contributed by atoms with Crippen LogP contribution in [-0.2, 0) is 23.8 Å². The van der Waals surface area contributed by atoms with Crippen molar-refractivity contribution in [1.82, 2.24) is 24.6 Å². The van der Waals surface area contributed by atoms with Crippen molar-refractivity contribution in [2.24, 2.45) is 0 Å². The quantitative estimate of drug-likeness (QED) is 0.501. The van der Waals surface area contributed by atoms with Crippen LogP contribution in [0.2, 0.25) is 0 Å². The van der Waals surface area contributed by atoms with Crippen LogP contribution in [0.25, 0.3) is 5.78 Å². The number of nitrogens with zero attached hydrogens (tertiary/aromatic N) is 5. The third-order valence-corrected chi connectivity index (χ3v) is 5.35. The number of aryl methyl sites for hydroxylation is 2. The molecule has 3 aromatic heterocycles. The number of carbonyl (C=O) groups excluding carboxylic acids is 1. The Morgan fingerprint density at radius 3 is 2.61 bits per heavy atom. The van der Waals surface area contributed by atoms with Crippen LogP contribution < -0.4 is 5.32 Å². The highest BCUT2D eigenvalue weighted by atomic mass is 32.1. The van der Waals surface area contributed by atoms with E-state index in [0.717, 1.165) is 34.0 Å². The lowest BCUT2D eigenvalue weighted by molar-refractivity contribution is -0.137. The van der Waals surface area contributed by atoms with E-state index in [1.807, 2.05) is 19.9 Å². The summed E-state index contributed by atoms with van der Waals surface area (Å²) in [5.41, 5.74) is 1.72. The van der Waals surface area contributed by atoms with Crippen LogP contribution >= 0.6 is 11.3 Å². The molecule has 0 aliphatic rings. The van der Waals surface area contributed by atoms with E-state index in [-0.39, 0.29) is 12.3 Å². The number of fused-ring (bicyclic) bond motifs is 1. The molecule has 0 bridgehead atoms. The van der Waals surface area contributed by atoms with Gasteiger partial charge in [0, 0.05) is 28.9 Å². The van der Waals surface area contributed by atoms with E-state index >= 15 is 0 Å². The van der Waals surface area contributed by atoms with Crippen LogP contribution in [0, 0.1) is 13.8 Å². The highest BCUT2D eigenvalue weighted by Gasteiger charge is 2.29. The summed E-state index contributed by atoms with van der Waals surface area (Å²) in [6, 6.07) is 6.86. The van der Waals surface area contributed by atoms with Crippen LogP contribution in [-0.4, -0.2) is 30.5 Å². The van der Waals surface area contributed by atoms with Gasteiger partial charge in [-0.2, -0.15) is 18.2 Å². The minimum absolute atomic E-state index is 0.0321. The van der Waals surface area contributed by atoms with Crippen LogP contribution in [0.15, 0.2) is 36.5 Å². The second-order valence-corrected chi connectivity index (χ2v) is 8.12. The Morgan fingerprint density at radius 1 is 1.16 bits per heavy atom. The lowest BCUT2D eigenvalue weighted by Crippen LogP contribution is -2.15. The van der Waals surface area contributed by atoms with Crippen LogP contribution in [0.4, 0.5) is 18.3 Å². The lowest BCUT2D eigenvalue weighted by Gasteiger charge is -2.06. The first-order valence-corrected chi connectivity index (χ1v) is 10.1. The van der Waals surface area contributed by atoms with Crippen molar-refractivity contribution in [2.75, 3.05) is 5.32 Å². The number of nitrogens with one attached hydrogen (secondary N) is 1. The Kier molecular flexibility index (Phi) is 5.44. The second-order valence-electron chi connectivity index (χ2n) is 7.01. The Balaban J connectivity index is 1.38. The topological polar surface area (TPSA) is 85.1 Å². The fourth-order valence-electron chi connectivity index (χ4n) is 3.05. The van der Waals surface area contributed by atoms with Crippen LogP contribution in [0.5, 0.6) is 0 Å². The molecule has 0 atom stereocenters. The first-order valence-electron chi connectivity index (χ1n) is 9.28. The summed E-state index contributed by atoms with van der Waals surface area (Å²) in [6.45, 7) is 3.74. The number of benzene rings is 1. The molecule has 0 saturated carbocycles. The van der Waals surface area contributed by atoms with Gasteiger partial charge >= 0.3 is 6.18 Å². The zero-order valence-electron chi connectivity index (χ0n) is 16.6. The molecule has 4 rings (SSSR count). The molecule has 0 fully saturated rings. The van der Waals surface area contributed by atoms with Crippen molar-refractivity contribution in [2.45, 2.75) is 32.9 Å². The van der Waals surface area contributed by atoms with Crippen molar-refractivity contribution in [3.05, 3.63) is 69.7 Å². The summed E-state index contributed by atoms with van der Waals surface area (Å²) in [5, 5.41) is 7.41. The van der Waals surface area contributed by atoms with E-state index in [4.69, 9.17) is 0 Å². The predicted molar refractivity (Wildman–Crippen MR) is 109 cm³/mol. The zero-order chi connectivity index (χ0) is 22.2. The molecule has 31 heavy (non-hydrogen) atoms. The number of carbonyl (C=O) groups is 1. The van der Waals surface area contributed by atoms with Gasteiger partial charge in [-0.25, -0.2) is 14.5 Å². The summed E-state index contributed by atoms with van der Waals surface area (Å²) < 4.78 is 39.6. The standard InChI is InChI=1S/C20H17F3N6OS/c1-11-7-12(2)29-18(25-11)26-16(28-29)9-17(30)27-19-24-10-15(31-19)8-13-3-5-14(6-4-13)20(21,22)23/h3-7,10H,8-9H2,1-2H3,(H,24,27,30). The molecule has 0 radical (unpaired) electrons. The summed E-state index contributed by atoms with van der Waals surface area (Å²) >= 11 is 1.26. The molecule has 1 aromatic carbocycles. The van der Waals surface area contributed by atoms with Gasteiger partial charge in [-0.1, -0.05) is 12.1 Å². The molecular formula is C20H17F3N6OS. The Labute approximate surface area is 179 Å². The number of aromatic nitrogens is 5. The summed E-state index contributed by atoms with van der Waals surface area (Å²) in [4.78, 5) is 25.9. The van der Waals surface area contributed by atoms with Gasteiger partial charge in [0.05, 0.1) is 12.0 Å². The summed E-state index contributed by atoms with van der Waals surface area (Å²) in [7, 11) is 0. The third kappa shape index (κ3) is 4.88. The first kappa shape index (κ1) is 20.9. The van der Waals surface area contributed by atoms with Crippen molar-refractivity contribution < 1.29 is 18.0 Å². The molecule has 1 N–H and O–H groups in total. The predicted octanol–water partition coefficient (Wildman–Crippen LogP) is 3.99. The van der Waals surface area contributed by atoms with Crippen molar-refractivity contribution in [3.63, 3.8) is 0 Å². The molecule has 7 nitrogen and oxygen atoms in total. The van der Waals surface area contributed by atoms with E-state index in [9.17, 15) is 18.0 Å². The smallest absolute Gasteiger partial charge is 0.302 e. The second kappa shape index (κ2) is 8.06. The van der Waals surface area contributed by atoms with Gasteiger partial charge in [-0.15, -0.1) is 16.4 Å². The molecule has 160 valence electrons. The van der Waals surface area contributed by atoms with Gasteiger partial charge in [0.25, 0.3) is 5.78 Å². The van der Waals surface area contributed by atoms with E-state index in [1.54, 1.807) is 10.7 Å². The molecule has 4 aromatic rings. The monoisotopic (exact) mass is 446 g/mol. The van der Waals surface area contributed by atoms with Crippen molar-refractivity contribution in [1.29, 1.82) is 0 Å². The minimum atomic E-state index is -4.36. The molecule has 1 amide bonds. The number of rotatable bonds is 5. The van der Waals surface area contributed by atoms with Crippen LogP contribution in [0.3, 0.4) is 0 Å². The van der Waals surface area contributed by atoms with Crippen molar-refractivity contribution in [3.8, 4) is 0 Å². The fourth-order valence-corrected chi connectivity index (χ4v) is 3.91. The molecule has 0 aliphatic carbocycles. The van der Waals surface area contributed by atoms with Gasteiger partial charge in [-0.3, -0.25) is 4.79 Å². The van der Waals surface area contributed by atoms with Crippen molar-refractivity contribution >= 4 is 28.2 Å². The fraction of sp³-hybridized carbons (Fsp3) is 0.250. The van der Waals surface area contributed by atoms with Gasteiger partial charge < -0.3 is 5.32 Å². The summed E-state index contributed by atoms with van der Waals surface area (Å²) in [6.07, 6.45) is -2.37. The Bertz CT molecular complexity index is 1250. The third-order valence-electron chi connectivity index (χ3n) is 4.44. The van der Waals surface area contributed by atoms with Crippen LogP contribution in [0.1, 0.15) is 33.2 Å². The van der Waals surface area contributed by atoms with Gasteiger partial charge in [0.15, 0.2) is 11.0 Å². The number of amides is 1. The number of hydrogen-bond donors (Lipinski definition) is 1. The Hall–Kier alpha value is -3.34. The highest BCUT2D eigenvalue weighted by molar-refractivity contribution is 7.15. The average molecular weight is 446 g/mol. The molecular weight excluding hydrogens is 429 g/mol. The normalized spacial score (nSPS) is 11.8.